The van der Waals surface area contributed by atoms with Crippen LogP contribution >= 0.6 is 0 Å². The molecule has 0 aromatic rings. The van der Waals surface area contributed by atoms with Crippen LogP contribution in [0.25, 0.3) is 0 Å². The van der Waals surface area contributed by atoms with Crippen molar-refractivity contribution >= 4 is 0 Å². The van der Waals surface area contributed by atoms with Gasteiger partial charge in [0.1, 0.15) is 0 Å². The number of hydrogen-bond donors (Lipinski definition) is 2. The Balaban J connectivity index is 2.33. The topological polar surface area (TPSA) is 41.3 Å². The largest absolute Gasteiger partial charge is 0.326 e. The minimum atomic E-state index is 0.317. The minimum absolute atomic E-state index is 0.317. The smallest absolute Gasteiger partial charge is 0.0347 e. The van der Waals surface area contributed by atoms with Crippen molar-refractivity contribution in [1.82, 2.24) is 10.2 Å². The Morgan fingerprint density at radius 3 is 3.00 bits per heavy atom. The standard InChI is InChI=1S/C8H19N3/c1-3-7(9)8-6-11(2)5-4-10-8/h7-8,10H,3-6,9H2,1-2H3. The average molecular weight is 157 g/mol. The molecule has 0 saturated carbocycles. The Kier molecular flexibility index (Phi) is 3.30. The highest BCUT2D eigenvalue weighted by Crippen LogP contribution is 2.01. The van der Waals surface area contributed by atoms with Gasteiger partial charge in [0.05, 0.1) is 0 Å². The maximum Gasteiger partial charge on any atom is 0.0347 e. The Morgan fingerprint density at radius 1 is 1.73 bits per heavy atom. The average Bonchev–Trinajstić information content (AvgIpc) is 2.03. The van der Waals surface area contributed by atoms with Gasteiger partial charge in [-0.1, -0.05) is 6.92 Å². The lowest BCUT2D eigenvalue weighted by Crippen LogP contribution is -2.56. The maximum absolute atomic E-state index is 5.92. The molecular weight excluding hydrogens is 138 g/mol. The van der Waals surface area contributed by atoms with Gasteiger partial charge in [-0.05, 0) is 13.5 Å². The summed E-state index contributed by atoms with van der Waals surface area (Å²) >= 11 is 0. The van der Waals surface area contributed by atoms with E-state index in [9.17, 15) is 0 Å². The molecule has 0 aromatic carbocycles. The number of hydrogen-bond acceptors (Lipinski definition) is 3. The summed E-state index contributed by atoms with van der Waals surface area (Å²) in [5, 5.41) is 3.43. The van der Waals surface area contributed by atoms with Gasteiger partial charge in [0.25, 0.3) is 0 Å². The van der Waals surface area contributed by atoms with Crippen LogP contribution in [-0.2, 0) is 0 Å². The second-order valence-electron chi connectivity index (χ2n) is 3.39. The van der Waals surface area contributed by atoms with Crippen molar-refractivity contribution in [1.29, 1.82) is 0 Å². The summed E-state index contributed by atoms with van der Waals surface area (Å²) in [6, 6.07) is 0.816. The lowest BCUT2D eigenvalue weighted by molar-refractivity contribution is 0.217. The summed E-state index contributed by atoms with van der Waals surface area (Å²) in [5.74, 6) is 0. The van der Waals surface area contributed by atoms with Crippen molar-refractivity contribution in [2.45, 2.75) is 25.4 Å². The third kappa shape index (κ3) is 2.43. The molecule has 11 heavy (non-hydrogen) atoms. The molecule has 1 aliphatic heterocycles. The number of nitrogens with one attached hydrogen (secondary N) is 1. The van der Waals surface area contributed by atoms with Crippen molar-refractivity contribution in [2.75, 3.05) is 26.7 Å². The summed E-state index contributed by atoms with van der Waals surface area (Å²) in [6.45, 7) is 5.46. The molecule has 3 nitrogen and oxygen atoms in total. The molecular formula is C8H19N3. The van der Waals surface area contributed by atoms with Crippen molar-refractivity contribution in [3.05, 3.63) is 0 Å². The van der Waals surface area contributed by atoms with Crippen LogP contribution in [0.4, 0.5) is 0 Å². The van der Waals surface area contributed by atoms with Crippen LogP contribution in [0.15, 0.2) is 0 Å². The number of likely N-dealkylation sites (N-methyl/N-ethyl adjacent to an activating group) is 1. The van der Waals surface area contributed by atoms with Crippen LogP contribution in [-0.4, -0.2) is 43.7 Å². The van der Waals surface area contributed by atoms with Gasteiger partial charge >= 0.3 is 0 Å². The third-order valence-electron chi connectivity index (χ3n) is 2.40. The predicted molar refractivity (Wildman–Crippen MR) is 47.6 cm³/mol. The summed E-state index contributed by atoms with van der Waals surface area (Å²) < 4.78 is 0. The van der Waals surface area contributed by atoms with Gasteiger partial charge < -0.3 is 16.0 Å². The molecule has 0 amide bonds. The van der Waals surface area contributed by atoms with E-state index in [1.165, 1.54) is 0 Å². The molecule has 66 valence electrons. The van der Waals surface area contributed by atoms with Gasteiger partial charge in [0.15, 0.2) is 0 Å². The zero-order valence-corrected chi connectivity index (χ0v) is 7.51. The molecule has 0 aromatic heterocycles. The SMILES string of the molecule is CCC(N)C1CN(C)CCN1. The van der Waals surface area contributed by atoms with E-state index in [1.54, 1.807) is 0 Å². The monoisotopic (exact) mass is 157 g/mol. The Bertz CT molecular complexity index is 116. The van der Waals surface area contributed by atoms with Gasteiger partial charge in [-0.3, -0.25) is 0 Å². The number of nitrogens with two attached hydrogens (primary N) is 1. The number of piperazine rings is 1. The Morgan fingerprint density at radius 2 is 2.45 bits per heavy atom. The van der Waals surface area contributed by atoms with Gasteiger partial charge in [0, 0.05) is 31.7 Å². The maximum atomic E-state index is 5.92. The molecule has 0 radical (unpaired) electrons. The third-order valence-corrected chi connectivity index (χ3v) is 2.40. The van der Waals surface area contributed by atoms with Crippen LogP contribution in [0.5, 0.6) is 0 Å². The van der Waals surface area contributed by atoms with E-state index in [-0.39, 0.29) is 0 Å². The summed E-state index contributed by atoms with van der Waals surface area (Å²) in [5.41, 5.74) is 5.92. The zero-order valence-electron chi connectivity index (χ0n) is 7.51. The van der Waals surface area contributed by atoms with Gasteiger partial charge in [-0.25, -0.2) is 0 Å². The number of rotatable bonds is 2. The van der Waals surface area contributed by atoms with E-state index in [4.69, 9.17) is 5.73 Å². The predicted octanol–water partition coefficient (Wildman–Crippen LogP) is -0.373. The fourth-order valence-electron chi connectivity index (χ4n) is 1.50. The van der Waals surface area contributed by atoms with Crippen molar-refractivity contribution in [3.63, 3.8) is 0 Å². The van der Waals surface area contributed by atoms with Gasteiger partial charge in [-0.15, -0.1) is 0 Å². The highest BCUT2D eigenvalue weighted by molar-refractivity contribution is 4.84. The molecule has 1 saturated heterocycles. The zero-order chi connectivity index (χ0) is 8.27. The first kappa shape index (κ1) is 8.97. The van der Waals surface area contributed by atoms with Crippen LogP contribution in [0.1, 0.15) is 13.3 Å². The van der Waals surface area contributed by atoms with Crippen molar-refractivity contribution in [3.8, 4) is 0 Å². The quantitative estimate of drug-likeness (QED) is 0.574. The van der Waals surface area contributed by atoms with Crippen LogP contribution in [0.3, 0.4) is 0 Å². The van der Waals surface area contributed by atoms with E-state index < -0.39 is 0 Å². The van der Waals surface area contributed by atoms with E-state index in [1.807, 2.05) is 0 Å². The molecule has 2 unspecified atom stereocenters. The Hall–Kier alpha value is -0.120. The molecule has 3 N–H and O–H groups in total. The second-order valence-corrected chi connectivity index (χ2v) is 3.39. The van der Waals surface area contributed by atoms with Gasteiger partial charge in [0.2, 0.25) is 0 Å². The first-order valence-electron chi connectivity index (χ1n) is 4.41. The van der Waals surface area contributed by atoms with Crippen LogP contribution < -0.4 is 11.1 Å². The fourth-order valence-corrected chi connectivity index (χ4v) is 1.50. The first-order chi connectivity index (χ1) is 5.24. The first-order valence-corrected chi connectivity index (χ1v) is 4.41. The molecule has 1 aliphatic rings. The number of nitrogens with zero attached hydrogens (tertiary/aromatic N) is 1. The molecule has 0 aliphatic carbocycles. The molecule has 1 fully saturated rings. The lowest BCUT2D eigenvalue weighted by atomic mass is 10.0. The van der Waals surface area contributed by atoms with E-state index in [0.717, 1.165) is 26.1 Å². The molecule has 1 heterocycles. The van der Waals surface area contributed by atoms with E-state index >= 15 is 0 Å². The Labute approximate surface area is 68.9 Å². The van der Waals surface area contributed by atoms with Crippen LogP contribution in [0.2, 0.25) is 0 Å². The molecule has 2 atom stereocenters. The van der Waals surface area contributed by atoms with E-state index in [0.29, 0.717) is 12.1 Å². The lowest BCUT2D eigenvalue weighted by Gasteiger charge is -2.34. The van der Waals surface area contributed by atoms with Crippen molar-refractivity contribution < 1.29 is 0 Å². The molecule has 0 bridgehead atoms. The highest BCUT2D eigenvalue weighted by atomic mass is 15.2. The molecule has 1 rings (SSSR count). The van der Waals surface area contributed by atoms with Crippen molar-refractivity contribution in [2.24, 2.45) is 5.73 Å². The fraction of sp³-hybridized carbons (Fsp3) is 1.00. The highest BCUT2D eigenvalue weighted by Gasteiger charge is 2.20. The second kappa shape index (κ2) is 4.04. The molecule has 3 heteroatoms. The van der Waals surface area contributed by atoms with Gasteiger partial charge in [-0.2, -0.15) is 0 Å². The summed E-state index contributed by atoms with van der Waals surface area (Å²) in [4.78, 5) is 2.33. The minimum Gasteiger partial charge on any atom is -0.326 e. The summed E-state index contributed by atoms with van der Waals surface area (Å²) in [6.07, 6.45) is 1.06. The van der Waals surface area contributed by atoms with E-state index in [2.05, 4.69) is 24.2 Å². The van der Waals surface area contributed by atoms with Crippen LogP contribution in [0, 0.1) is 0 Å². The normalized spacial score (nSPS) is 30.3. The summed E-state index contributed by atoms with van der Waals surface area (Å²) in [7, 11) is 2.15. The molecule has 0 spiro atoms.